The fraction of sp³-hybridized carbons (Fsp3) is 0.394. The molecule has 0 N–H and O–H groups in total. The molecule has 1 saturated heterocycles. The van der Waals surface area contributed by atoms with E-state index in [1.165, 1.54) is 4.90 Å². The van der Waals surface area contributed by atoms with E-state index in [0.717, 1.165) is 16.7 Å². The van der Waals surface area contributed by atoms with Crippen molar-refractivity contribution in [3.8, 4) is 11.5 Å². The van der Waals surface area contributed by atoms with Crippen molar-refractivity contribution in [1.29, 1.82) is 0 Å². The van der Waals surface area contributed by atoms with Gasteiger partial charge in [0, 0.05) is 20.1 Å². The van der Waals surface area contributed by atoms with Crippen molar-refractivity contribution in [3.05, 3.63) is 95.6 Å². The van der Waals surface area contributed by atoms with Crippen molar-refractivity contribution in [3.63, 3.8) is 0 Å². The van der Waals surface area contributed by atoms with E-state index in [2.05, 4.69) is 0 Å². The summed E-state index contributed by atoms with van der Waals surface area (Å²) in [6.07, 6.45) is -0.615. The van der Waals surface area contributed by atoms with Gasteiger partial charge in [-0.25, -0.2) is 9.69 Å². The largest absolute Gasteiger partial charge is 0.493 e. The molecule has 0 aliphatic carbocycles. The number of hydrogen-bond donors (Lipinski definition) is 0. The van der Waals surface area contributed by atoms with Crippen molar-refractivity contribution in [2.24, 2.45) is 11.8 Å². The fourth-order valence-corrected chi connectivity index (χ4v) is 5.05. The van der Waals surface area contributed by atoms with Crippen LogP contribution >= 0.6 is 0 Å². The number of cyclic esters (lactones) is 1. The number of methoxy groups -OCH3 is 2. The first-order valence-electron chi connectivity index (χ1n) is 13.9. The minimum Gasteiger partial charge on any atom is -0.493 e. The van der Waals surface area contributed by atoms with Gasteiger partial charge in [-0.15, -0.1) is 0 Å². The highest BCUT2D eigenvalue weighted by Crippen LogP contribution is 2.40. The molecule has 1 aliphatic rings. The first-order valence-corrected chi connectivity index (χ1v) is 13.9. The Morgan fingerprint density at radius 3 is 2.32 bits per heavy atom. The number of nitrogens with zero attached hydrogens (tertiary/aromatic N) is 1. The summed E-state index contributed by atoms with van der Waals surface area (Å²) in [4.78, 5) is 28.6. The number of carbonyl (C=O) groups is 2. The molecule has 1 aliphatic heterocycles. The van der Waals surface area contributed by atoms with Crippen LogP contribution in [0.3, 0.4) is 0 Å². The maximum atomic E-state index is 14.3. The SMILES string of the molecule is COCCCOc1cc(C(OCc2ccccc2)[C@@H](C(=O)N2C(=O)OC[C@H]2c2ccccc2)C(C)C)ccc1OC. The summed E-state index contributed by atoms with van der Waals surface area (Å²) in [6.45, 7) is 5.33. The van der Waals surface area contributed by atoms with Gasteiger partial charge in [-0.3, -0.25) is 4.79 Å². The molecule has 8 heteroatoms. The van der Waals surface area contributed by atoms with Gasteiger partial charge in [-0.05, 0) is 34.7 Å². The van der Waals surface area contributed by atoms with Gasteiger partial charge < -0.3 is 23.7 Å². The number of amides is 2. The third kappa shape index (κ3) is 7.45. The summed E-state index contributed by atoms with van der Waals surface area (Å²) in [5.74, 6) is -0.0702. The fourth-order valence-electron chi connectivity index (χ4n) is 5.05. The maximum absolute atomic E-state index is 14.3. The molecule has 3 atom stereocenters. The second-order valence-electron chi connectivity index (χ2n) is 10.3. The molecule has 1 heterocycles. The van der Waals surface area contributed by atoms with E-state index < -0.39 is 24.2 Å². The van der Waals surface area contributed by atoms with Gasteiger partial charge >= 0.3 is 6.09 Å². The van der Waals surface area contributed by atoms with Gasteiger partial charge in [-0.2, -0.15) is 0 Å². The van der Waals surface area contributed by atoms with E-state index >= 15 is 0 Å². The number of carbonyl (C=O) groups excluding carboxylic acids is 2. The van der Waals surface area contributed by atoms with Crippen LogP contribution in [0.5, 0.6) is 11.5 Å². The Morgan fingerprint density at radius 2 is 1.66 bits per heavy atom. The van der Waals surface area contributed by atoms with Crippen LogP contribution in [0.15, 0.2) is 78.9 Å². The molecule has 3 aromatic carbocycles. The minimum atomic E-state index is -0.690. The molecule has 3 aromatic rings. The molecular formula is C33H39NO7. The number of rotatable bonds is 14. The van der Waals surface area contributed by atoms with Crippen LogP contribution in [0, 0.1) is 11.8 Å². The molecule has 0 bridgehead atoms. The highest BCUT2D eigenvalue weighted by atomic mass is 16.6. The lowest BCUT2D eigenvalue weighted by Crippen LogP contribution is -2.43. The standard InChI is InChI=1S/C33H39NO7/c1-23(2)30(32(35)34-27(22-41-33(34)36)25-14-9-6-10-15-25)31(40-21-24-12-7-5-8-13-24)26-16-17-28(38-4)29(20-26)39-19-11-18-37-3/h5-10,12-17,20,23,27,30-31H,11,18-19,21-22H2,1-4H3/t27-,30-,31?/m0/s1. The number of hydrogen-bond acceptors (Lipinski definition) is 7. The first kappa shape index (κ1) is 30.1. The van der Waals surface area contributed by atoms with E-state index in [9.17, 15) is 9.59 Å². The van der Waals surface area contributed by atoms with Crippen LogP contribution in [0.25, 0.3) is 0 Å². The molecular weight excluding hydrogens is 522 g/mol. The second-order valence-corrected chi connectivity index (χ2v) is 10.3. The zero-order valence-corrected chi connectivity index (χ0v) is 24.2. The summed E-state index contributed by atoms with van der Waals surface area (Å²) in [7, 11) is 3.24. The molecule has 0 radical (unpaired) electrons. The molecule has 218 valence electrons. The monoisotopic (exact) mass is 561 g/mol. The topological polar surface area (TPSA) is 83.5 Å². The van der Waals surface area contributed by atoms with Crippen LogP contribution in [-0.2, 0) is 25.6 Å². The van der Waals surface area contributed by atoms with E-state index in [1.807, 2.05) is 92.7 Å². The van der Waals surface area contributed by atoms with Gasteiger partial charge in [-0.1, -0.05) is 80.6 Å². The third-order valence-electron chi connectivity index (χ3n) is 7.16. The van der Waals surface area contributed by atoms with E-state index in [-0.39, 0.29) is 25.0 Å². The van der Waals surface area contributed by atoms with Crippen LogP contribution in [0.1, 0.15) is 49.1 Å². The Labute approximate surface area is 242 Å². The predicted octanol–water partition coefficient (Wildman–Crippen LogP) is 6.36. The molecule has 8 nitrogen and oxygen atoms in total. The molecule has 1 unspecified atom stereocenters. The molecule has 0 spiro atoms. The highest BCUT2D eigenvalue weighted by molar-refractivity contribution is 5.95. The van der Waals surface area contributed by atoms with Crippen molar-refractivity contribution >= 4 is 12.0 Å². The zero-order chi connectivity index (χ0) is 29.2. The van der Waals surface area contributed by atoms with Crippen LogP contribution in [0.2, 0.25) is 0 Å². The van der Waals surface area contributed by atoms with Gasteiger partial charge in [0.2, 0.25) is 5.91 Å². The van der Waals surface area contributed by atoms with Crippen LogP contribution in [0.4, 0.5) is 4.79 Å². The van der Waals surface area contributed by atoms with Gasteiger partial charge in [0.05, 0.1) is 32.3 Å². The van der Waals surface area contributed by atoms with Gasteiger partial charge in [0.25, 0.3) is 0 Å². The van der Waals surface area contributed by atoms with Gasteiger partial charge in [0.1, 0.15) is 12.6 Å². The first-order chi connectivity index (χ1) is 19.9. The number of ether oxygens (including phenoxy) is 5. The van der Waals surface area contributed by atoms with Crippen LogP contribution in [-0.4, -0.2) is 50.9 Å². The van der Waals surface area contributed by atoms with Crippen LogP contribution < -0.4 is 9.47 Å². The van der Waals surface area contributed by atoms with E-state index in [0.29, 0.717) is 31.1 Å². The van der Waals surface area contributed by atoms with Crippen molar-refractivity contribution in [1.82, 2.24) is 4.90 Å². The van der Waals surface area contributed by atoms with Crippen molar-refractivity contribution in [2.45, 2.75) is 39.0 Å². The highest BCUT2D eigenvalue weighted by Gasteiger charge is 2.45. The average molecular weight is 562 g/mol. The number of imide groups is 1. The Hall–Kier alpha value is -3.88. The second kappa shape index (κ2) is 14.7. The zero-order valence-electron chi connectivity index (χ0n) is 24.2. The molecule has 0 aromatic heterocycles. The average Bonchev–Trinajstić information content (AvgIpc) is 3.39. The van der Waals surface area contributed by atoms with Crippen molar-refractivity contribution in [2.75, 3.05) is 34.0 Å². The Balaban J connectivity index is 1.70. The molecule has 4 rings (SSSR count). The summed E-state index contributed by atoms with van der Waals surface area (Å²) in [5, 5.41) is 0. The Bertz CT molecular complexity index is 1270. The quantitative estimate of drug-likeness (QED) is 0.212. The molecule has 0 saturated carbocycles. The van der Waals surface area contributed by atoms with Crippen molar-refractivity contribution < 1.29 is 33.3 Å². The molecule has 2 amide bonds. The third-order valence-corrected chi connectivity index (χ3v) is 7.16. The summed E-state index contributed by atoms with van der Waals surface area (Å²) >= 11 is 0. The van der Waals surface area contributed by atoms with E-state index in [1.54, 1.807) is 14.2 Å². The maximum Gasteiger partial charge on any atom is 0.417 e. The number of benzene rings is 3. The molecule has 41 heavy (non-hydrogen) atoms. The minimum absolute atomic E-state index is 0.108. The summed E-state index contributed by atoms with van der Waals surface area (Å²) in [6, 6.07) is 24.3. The lowest BCUT2D eigenvalue weighted by atomic mass is 9.84. The smallest absolute Gasteiger partial charge is 0.417 e. The summed E-state index contributed by atoms with van der Waals surface area (Å²) in [5.41, 5.74) is 2.56. The normalized spacial score (nSPS) is 16.4. The lowest BCUT2D eigenvalue weighted by Gasteiger charge is -2.33. The molecule has 1 fully saturated rings. The van der Waals surface area contributed by atoms with Gasteiger partial charge in [0.15, 0.2) is 11.5 Å². The van der Waals surface area contributed by atoms with E-state index in [4.69, 9.17) is 23.7 Å². The lowest BCUT2D eigenvalue weighted by molar-refractivity contribution is -0.142. The predicted molar refractivity (Wildman–Crippen MR) is 155 cm³/mol. The summed E-state index contributed by atoms with van der Waals surface area (Å²) < 4.78 is 28.7. The Morgan fingerprint density at radius 1 is 0.951 bits per heavy atom. The Kier molecular flexibility index (Phi) is 10.8.